The molecular weight excluding hydrogens is 258 g/mol. The lowest BCUT2D eigenvalue weighted by atomic mass is 10.2. The SMILES string of the molecule is Nc1cccc(NC(=O)Nc2ccc(C(=O)O)cc2)c1. The average molecular weight is 271 g/mol. The molecule has 0 unspecified atom stereocenters. The number of amides is 2. The van der Waals surface area contributed by atoms with Gasteiger partial charge in [0.05, 0.1) is 5.56 Å². The van der Waals surface area contributed by atoms with E-state index in [1.54, 1.807) is 24.3 Å². The van der Waals surface area contributed by atoms with Gasteiger partial charge in [-0.3, -0.25) is 0 Å². The van der Waals surface area contributed by atoms with E-state index in [2.05, 4.69) is 10.6 Å². The van der Waals surface area contributed by atoms with Crippen LogP contribution in [0.4, 0.5) is 21.9 Å². The summed E-state index contributed by atoms with van der Waals surface area (Å²) in [6, 6.07) is 12.2. The lowest BCUT2D eigenvalue weighted by molar-refractivity contribution is 0.0697. The van der Waals surface area contributed by atoms with Crippen LogP contribution in [0.1, 0.15) is 10.4 Å². The van der Waals surface area contributed by atoms with Crippen LogP contribution in [0, 0.1) is 0 Å². The summed E-state index contributed by atoms with van der Waals surface area (Å²) in [4.78, 5) is 22.4. The van der Waals surface area contributed by atoms with E-state index < -0.39 is 12.0 Å². The Morgan fingerprint density at radius 3 is 2.20 bits per heavy atom. The first-order chi connectivity index (χ1) is 9.54. The summed E-state index contributed by atoms with van der Waals surface area (Å²) in [5.74, 6) is -1.01. The van der Waals surface area contributed by atoms with Crippen molar-refractivity contribution in [3.05, 3.63) is 54.1 Å². The number of carbonyl (C=O) groups is 2. The number of carbonyl (C=O) groups excluding carboxylic acids is 1. The predicted octanol–water partition coefficient (Wildman–Crippen LogP) is 2.61. The summed E-state index contributed by atoms with van der Waals surface area (Å²) in [5, 5.41) is 14.0. The monoisotopic (exact) mass is 271 g/mol. The molecule has 6 heteroatoms. The highest BCUT2D eigenvalue weighted by Crippen LogP contribution is 2.13. The molecule has 0 aliphatic heterocycles. The Morgan fingerprint density at radius 1 is 0.950 bits per heavy atom. The van der Waals surface area contributed by atoms with Crippen molar-refractivity contribution in [1.29, 1.82) is 0 Å². The van der Waals surface area contributed by atoms with Crippen LogP contribution in [0.25, 0.3) is 0 Å². The first-order valence-electron chi connectivity index (χ1n) is 5.81. The molecule has 0 aliphatic carbocycles. The second-order valence-electron chi connectivity index (χ2n) is 4.09. The van der Waals surface area contributed by atoms with Gasteiger partial charge in [-0.05, 0) is 42.5 Å². The number of hydrogen-bond donors (Lipinski definition) is 4. The number of nitrogens with two attached hydrogens (primary N) is 1. The molecule has 0 saturated heterocycles. The van der Waals surface area contributed by atoms with Gasteiger partial charge in [0.1, 0.15) is 0 Å². The molecule has 2 aromatic rings. The van der Waals surface area contributed by atoms with E-state index in [1.807, 2.05) is 0 Å². The third kappa shape index (κ3) is 3.49. The van der Waals surface area contributed by atoms with Crippen LogP contribution in [0.5, 0.6) is 0 Å². The number of anilines is 3. The highest BCUT2D eigenvalue weighted by Gasteiger charge is 2.05. The molecule has 0 bridgehead atoms. The molecule has 0 radical (unpaired) electrons. The van der Waals surface area contributed by atoms with E-state index in [9.17, 15) is 9.59 Å². The van der Waals surface area contributed by atoms with Crippen LogP contribution in [-0.2, 0) is 0 Å². The van der Waals surface area contributed by atoms with Crippen LogP contribution in [0.3, 0.4) is 0 Å². The van der Waals surface area contributed by atoms with Gasteiger partial charge in [-0.15, -0.1) is 0 Å². The molecule has 2 rings (SSSR count). The van der Waals surface area contributed by atoms with Crippen LogP contribution >= 0.6 is 0 Å². The van der Waals surface area contributed by atoms with Gasteiger partial charge in [-0.25, -0.2) is 9.59 Å². The molecule has 0 aliphatic rings. The number of rotatable bonds is 3. The number of nitrogens with one attached hydrogen (secondary N) is 2. The van der Waals surface area contributed by atoms with Crippen molar-refractivity contribution in [3.8, 4) is 0 Å². The van der Waals surface area contributed by atoms with Crippen molar-refractivity contribution in [2.75, 3.05) is 16.4 Å². The summed E-state index contributed by atoms with van der Waals surface area (Å²) in [7, 11) is 0. The van der Waals surface area contributed by atoms with Crippen molar-refractivity contribution in [3.63, 3.8) is 0 Å². The van der Waals surface area contributed by atoms with Crippen LogP contribution in [0.15, 0.2) is 48.5 Å². The third-order valence-electron chi connectivity index (χ3n) is 2.53. The zero-order chi connectivity index (χ0) is 14.5. The van der Waals surface area contributed by atoms with Crippen LogP contribution in [-0.4, -0.2) is 17.1 Å². The number of carboxylic acids is 1. The molecule has 5 N–H and O–H groups in total. The fourth-order valence-corrected chi connectivity index (χ4v) is 1.61. The van der Waals surface area contributed by atoms with Crippen molar-refractivity contribution in [1.82, 2.24) is 0 Å². The number of nitrogen functional groups attached to an aromatic ring is 1. The molecule has 0 fully saturated rings. The Labute approximate surface area is 115 Å². The maximum Gasteiger partial charge on any atom is 0.335 e. The van der Waals surface area contributed by atoms with E-state index in [0.717, 1.165) is 0 Å². The summed E-state index contributed by atoms with van der Waals surface area (Å²) in [6.07, 6.45) is 0. The fraction of sp³-hybridized carbons (Fsp3) is 0. The van der Waals surface area contributed by atoms with Crippen molar-refractivity contribution in [2.24, 2.45) is 0 Å². The molecule has 0 spiro atoms. The Hall–Kier alpha value is -3.02. The molecule has 102 valence electrons. The lowest BCUT2D eigenvalue weighted by Gasteiger charge is -2.08. The van der Waals surface area contributed by atoms with Crippen molar-refractivity contribution < 1.29 is 14.7 Å². The van der Waals surface area contributed by atoms with Gasteiger partial charge in [0.25, 0.3) is 0 Å². The number of urea groups is 1. The van der Waals surface area contributed by atoms with Gasteiger partial charge >= 0.3 is 12.0 Å². The standard InChI is InChI=1S/C14H13N3O3/c15-10-2-1-3-12(8-10)17-14(20)16-11-6-4-9(5-7-11)13(18)19/h1-8H,15H2,(H,18,19)(H2,16,17,20). The zero-order valence-corrected chi connectivity index (χ0v) is 10.5. The second kappa shape index (κ2) is 5.75. The number of aromatic carboxylic acids is 1. The first-order valence-corrected chi connectivity index (χ1v) is 5.81. The largest absolute Gasteiger partial charge is 0.478 e. The molecule has 0 saturated carbocycles. The molecule has 2 aromatic carbocycles. The molecule has 0 aromatic heterocycles. The zero-order valence-electron chi connectivity index (χ0n) is 10.5. The normalized spacial score (nSPS) is 9.80. The molecule has 2 amide bonds. The molecular formula is C14H13N3O3. The van der Waals surface area contributed by atoms with E-state index in [4.69, 9.17) is 10.8 Å². The first kappa shape index (κ1) is 13.4. The van der Waals surface area contributed by atoms with Gasteiger partial charge in [-0.2, -0.15) is 0 Å². The van der Waals surface area contributed by atoms with E-state index in [0.29, 0.717) is 17.1 Å². The van der Waals surface area contributed by atoms with Crippen LogP contribution < -0.4 is 16.4 Å². The summed E-state index contributed by atoms with van der Waals surface area (Å²) < 4.78 is 0. The summed E-state index contributed by atoms with van der Waals surface area (Å²) >= 11 is 0. The average Bonchev–Trinajstić information content (AvgIpc) is 2.39. The Balaban J connectivity index is 1.99. The number of benzene rings is 2. The van der Waals surface area contributed by atoms with E-state index in [-0.39, 0.29) is 5.56 Å². The van der Waals surface area contributed by atoms with Gasteiger partial charge in [0.15, 0.2) is 0 Å². The molecule has 0 atom stereocenters. The minimum atomic E-state index is -1.01. The minimum absolute atomic E-state index is 0.159. The highest BCUT2D eigenvalue weighted by molar-refractivity contribution is 6.00. The van der Waals surface area contributed by atoms with Crippen LogP contribution in [0.2, 0.25) is 0 Å². The lowest BCUT2D eigenvalue weighted by Crippen LogP contribution is -2.19. The van der Waals surface area contributed by atoms with Gasteiger partial charge in [0.2, 0.25) is 0 Å². The third-order valence-corrected chi connectivity index (χ3v) is 2.53. The smallest absolute Gasteiger partial charge is 0.335 e. The number of hydrogen-bond acceptors (Lipinski definition) is 3. The minimum Gasteiger partial charge on any atom is -0.478 e. The second-order valence-corrected chi connectivity index (χ2v) is 4.09. The maximum atomic E-state index is 11.7. The summed E-state index contributed by atoms with van der Waals surface area (Å²) in [5.41, 5.74) is 7.38. The van der Waals surface area contributed by atoms with Crippen molar-refractivity contribution in [2.45, 2.75) is 0 Å². The number of carboxylic acid groups (broad SMARTS) is 1. The Bertz CT molecular complexity index is 638. The van der Waals surface area contributed by atoms with Gasteiger partial charge in [-0.1, -0.05) is 6.07 Å². The van der Waals surface area contributed by atoms with E-state index in [1.165, 1.54) is 24.3 Å². The molecule has 0 heterocycles. The van der Waals surface area contributed by atoms with Gasteiger partial charge < -0.3 is 21.5 Å². The predicted molar refractivity (Wildman–Crippen MR) is 76.9 cm³/mol. The Morgan fingerprint density at radius 2 is 1.60 bits per heavy atom. The van der Waals surface area contributed by atoms with E-state index >= 15 is 0 Å². The quantitative estimate of drug-likeness (QED) is 0.644. The highest BCUT2D eigenvalue weighted by atomic mass is 16.4. The molecule has 6 nitrogen and oxygen atoms in total. The Kier molecular flexibility index (Phi) is 3.85. The molecule has 20 heavy (non-hydrogen) atoms. The fourth-order valence-electron chi connectivity index (χ4n) is 1.61. The summed E-state index contributed by atoms with van der Waals surface area (Å²) in [6.45, 7) is 0. The van der Waals surface area contributed by atoms with Crippen molar-refractivity contribution >= 4 is 29.1 Å². The maximum absolute atomic E-state index is 11.7. The topological polar surface area (TPSA) is 104 Å². The van der Waals surface area contributed by atoms with Gasteiger partial charge in [0, 0.05) is 17.1 Å².